The minimum atomic E-state index is -0.0560. The molecule has 8 heteroatoms. The highest BCUT2D eigenvalue weighted by molar-refractivity contribution is 6.49. The molecule has 1 N–H and O–H groups in total. The second-order valence-corrected chi connectivity index (χ2v) is 14.3. The molecule has 0 aliphatic carbocycles. The van der Waals surface area contributed by atoms with Crippen LogP contribution in [0.3, 0.4) is 0 Å². The van der Waals surface area contributed by atoms with E-state index in [1.54, 1.807) is 4.79 Å². The highest BCUT2D eigenvalue weighted by Crippen LogP contribution is 2.31. The highest BCUT2D eigenvalue weighted by Gasteiger charge is 2.28. The zero-order chi connectivity index (χ0) is 35.1. The molecule has 8 nitrogen and oxygen atoms in total. The van der Waals surface area contributed by atoms with Gasteiger partial charge >= 0.3 is 0 Å². The second-order valence-electron chi connectivity index (χ2n) is 14.3. The van der Waals surface area contributed by atoms with Crippen molar-refractivity contribution in [1.82, 2.24) is 20.2 Å². The van der Waals surface area contributed by atoms with Crippen LogP contribution in [-0.4, -0.2) is 51.8 Å². The number of anilines is 1. The lowest BCUT2D eigenvalue weighted by atomic mass is 9.95. The number of nitrogens with zero attached hydrogens (tertiary/aromatic N) is 6. The molecule has 1 aliphatic heterocycles. The molecule has 0 radical (unpaired) electrons. The molecule has 1 aliphatic rings. The zero-order valence-corrected chi connectivity index (χ0v) is 31.9. The zero-order valence-electron chi connectivity index (χ0n) is 31.9. The average molecular weight is 662 g/mol. The van der Waals surface area contributed by atoms with Gasteiger partial charge in [-0.3, -0.25) is 4.79 Å². The van der Waals surface area contributed by atoms with Crippen molar-refractivity contribution < 1.29 is 4.79 Å². The normalized spacial score (nSPS) is 15.5. The molecule has 3 rings (SSSR count). The van der Waals surface area contributed by atoms with Crippen LogP contribution in [0.15, 0.2) is 28.3 Å². The van der Waals surface area contributed by atoms with E-state index in [9.17, 15) is 4.79 Å². The van der Waals surface area contributed by atoms with Gasteiger partial charge in [-0.15, -0.1) is 9.89 Å². The Bertz CT molecular complexity index is 1310. The third-order valence-corrected chi connectivity index (χ3v) is 10.1. The molecular formula is C40H67N7O. The quantitative estimate of drug-likeness (QED) is 0.128. The summed E-state index contributed by atoms with van der Waals surface area (Å²) in [5.41, 5.74) is 3.95. The number of carbonyl (C=O) groups is 1. The van der Waals surface area contributed by atoms with Crippen LogP contribution >= 0.6 is 0 Å². The third-order valence-electron chi connectivity index (χ3n) is 10.1. The van der Waals surface area contributed by atoms with Gasteiger partial charge in [-0.25, -0.2) is 9.98 Å². The molecule has 1 aromatic carbocycles. The lowest BCUT2D eigenvalue weighted by molar-refractivity contribution is 0.0946. The van der Waals surface area contributed by atoms with Crippen LogP contribution in [0.1, 0.15) is 174 Å². The monoisotopic (exact) mass is 662 g/mol. The van der Waals surface area contributed by atoms with E-state index in [2.05, 4.69) is 89.8 Å². The van der Waals surface area contributed by atoms with Gasteiger partial charge in [-0.05, 0) is 61.6 Å². The number of unbranched alkanes of at least 4 members (excludes halogenated alkanes) is 3. The van der Waals surface area contributed by atoms with Gasteiger partial charge in [-0.2, -0.15) is 5.10 Å². The smallest absolute Gasteiger partial charge is 0.253 e. The van der Waals surface area contributed by atoms with E-state index in [-0.39, 0.29) is 11.8 Å². The Hall–Kier alpha value is -3.03. The van der Waals surface area contributed by atoms with Crippen LogP contribution in [-0.2, 0) is 0 Å². The Morgan fingerprint density at radius 1 is 0.854 bits per heavy atom. The summed E-state index contributed by atoms with van der Waals surface area (Å²) in [6.45, 7) is 22.6. The Balaban J connectivity index is 2.10. The second kappa shape index (κ2) is 20.5. The van der Waals surface area contributed by atoms with E-state index in [1.165, 1.54) is 51.4 Å². The molecule has 0 saturated carbocycles. The Kier molecular flexibility index (Phi) is 16.8. The van der Waals surface area contributed by atoms with Gasteiger partial charge in [-0.1, -0.05) is 120 Å². The largest absolute Gasteiger partial charge is 0.371 e. The number of aromatic nitrogens is 3. The SMILES string of the molecule is CCCCC(CC)CNC(=O)c1cc(N(CC(CC)CCCC)CC(CC)CCCC)ccc1N=C1C(CC)=Nn2nc(C(C)C)nc21. The number of fused-ring (bicyclic) bond motifs is 1. The molecule has 3 atom stereocenters. The van der Waals surface area contributed by atoms with Crippen molar-refractivity contribution in [2.45, 2.75) is 152 Å². The number of benzene rings is 1. The van der Waals surface area contributed by atoms with E-state index < -0.39 is 0 Å². The number of carbonyl (C=O) groups excluding carboxylic acids is 1. The van der Waals surface area contributed by atoms with Gasteiger partial charge in [0.15, 0.2) is 5.82 Å². The Labute approximate surface area is 292 Å². The van der Waals surface area contributed by atoms with E-state index in [0.717, 1.165) is 56.0 Å². The first kappa shape index (κ1) is 39.4. The summed E-state index contributed by atoms with van der Waals surface area (Å²) in [4.78, 5) is 28.3. The highest BCUT2D eigenvalue weighted by atomic mass is 16.1. The molecule has 2 aromatic rings. The lowest BCUT2D eigenvalue weighted by Crippen LogP contribution is -2.34. The first-order valence-corrected chi connectivity index (χ1v) is 19.5. The Morgan fingerprint density at radius 2 is 1.44 bits per heavy atom. The third kappa shape index (κ3) is 11.0. The number of nitrogens with one attached hydrogen (secondary N) is 1. The van der Waals surface area contributed by atoms with Gasteiger partial charge in [0.05, 0.1) is 17.0 Å². The van der Waals surface area contributed by atoms with Gasteiger partial charge < -0.3 is 10.2 Å². The molecule has 0 bridgehead atoms. The van der Waals surface area contributed by atoms with Gasteiger partial charge in [0, 0.05) is 31.2 Å². The summed E-state index contributed by atoms with van der Waals surface area (Å²) < 4.78 is 0. The number of hydrogen-bond acceptors (Lipinski definition) is 6. The predicted octanol–water partition coefficient (Wildman–Crippen LogP) is 10.3. The van der Waals surface area contributed by atoms with Crippen molar-refractivity contribution in [3.63, 3.8) is 0 Å². The van der Waals surface area contributed by atoms with E-state index in [0.29, 0.717) is 53.5 Å². The van der Waals surface area contributed by atoms with Crippen molar-refractivity contribution in [2.24, 2.45) is 27.8 Å². The summed E-state index contributed by atoms with van der Waals surface area (Å²) in [6.07, 6.45) is 15.0. The van der Waals surface area contributed by atoms with Crippen LogP contribution in [0, 0.1) is 17.8 Å². The molecule has 0 spiro atoms. The van der Waals surface area contributed by atoms with Crippen molar-refractivity contribution in [1.29, 1.82) is 0 Å². The maximum absolute atomic E-state index is 14.2. The molecular weight excluding hydrogens is 594 g/mol. The van der Waals surface area contributed by atoms with Crippen LogP contribution in [0.5, 0.6) is 0 Å². The van der Waals surface area contributed by atoms with E-state index in [4.69, 9.17) is 15.1 Å². The van der Waals surface area contributed by atoms with Crippen molar-refractivity contribution in [3.8, 4) is 0 Å². The molecule has 1 aromatic heterocycles. The minimum absolute atomic E-state index is 0.0560. The predicted molar refractivity (Wildman–Crippen MR) is 204 cm³/mol. The van der Waals surface area contributed by atoms with Gasteiger partial charge in [0.25, 0.3) is 5.91 Å². The topological polar surface area (TPSA) is 87.8 Å². The number of amides is 1. The molecule has 2 heterocycles. The summed E-state index contributed by atoms with van der Waals surface area (Å²) in [7, 11) is 0. The summed E-state index contributed by atoms with van der Waals surface area (Å²) in [5, 5.41) is 12.7. The molecule has 48 heavy (non-hydrogen) atoms. The fourth-order valence-corrected chi connectivity index (χ4v) is 6.56. The fraction of sp³-hybridized carbons (Fsp3) is 0.725. The van der Waals surface area contributed by atoms with Crippen molar-refractivity contribution in [3.05, 3.63) is 35.4 Å². The van der Waals surface area contributed by atoms with Crippen LogP contribution < -0.4 is 10.2 Å². The Morgan fingerprint density at radius 3 is 1.96 bits per heavy atom. The standard InChI is InChI=1S/C40H67N7O/c1-10-17-20-30(13-4)26-41-40(48)34-25-33(46(27-31(14-5)21-18-11-2)28-32(15-6)22-19-12-3)23-24-36(34)42-37-35(16-7)44-47-39(37)43-38(45-47)29(8)9/h23-25,29-32H,10-22,26-28H2,1-9H3,(H,41,48). The van der Waals surface area contributed by atoms with Crippen LogP contribution in [0.25, 0.3) is 0 Å². The molecule has 3 unspecified atom stereocenters. The first-order valence-electron chi connectivity index (χ1n) is 19.5. The maximum atomic E-state index is 14.2. The van der Waals surface area contributed by atoms with Crippen molar-refractivity contribution in [2.75, 3.05) is 24.5 Å². The number of hydrogen-bond donors (Lipinski definition) is 1. The van der Waals surface area contributed by atoms with Crippen LogP contribution in [0.4, 0.5) is 11.4 Å². The lowest BCUT2D eigenvalue weighted by Gasteiger charge is -2.33. The maximum Gasteiger partial charge on any atom is 0.253 e. The van der Waals surface area contributed by atoms with Crippen molar-refractivity contribution >= 4 is 28.7 Å². The molecule has 1 amide bonds. The number of rotatable bonds is 23. The van der Waals surface area contributed by atoms with Crippen LogP contribution in [0.2, 0.25) is 0 Å². The molecule has 0 fully saturated rings. The average Bonchev–Trinajstić information content (AvgIpc) is 3.66. The summed E-state index contributed by atoms with van der Waals surface area (Å²) in [5.74, 6) is 3.25. The first-order chi connectivity index (χ1) is 23.2. The number of aliphatic imine (C=N–C) groups is 1. The molecule has 268 valence electrons. The summed E-state index contributed by atoms with van der Waals surface area (Å²) >= 11 is 0. The summed E-state index contributed by atoms with van der Waals surface area (Å²) in [6, 6.07) is 6.35. The van der Waals surface area contributed by atoms with E-state index in [1.807, 2.05) is 6.07 Å². The van der Waals surface area contributed by atoms with Gasteiger partial charge in [0.1, 0.15) is 5.71 Å². The fourth-order valence-electron chi connectivity index (χ4n) is 6.56. The van der Waals surface area contributed by atoms with E-state index >= 15 is 0 Å². The molecule has 0 saturated heterocycles. The van der Waals surface area contributed by atoms with Gasteiger partial charge in [0.2, 0.25) is 5.82 Å². The minimum Gasteiger partial charge on any atom is -0.371 e.